The van der Waals surface area contributed by atoms with Gasteiger partial charge in [-0.05, 0) is 19.4 Å². The maximum atomic E-state index is 12.7. The molecule has 2 aromatic heterocycles. The number of amides is 1. The molecule has 0 bridgehead atoms. The zero-order chi connectivity index (χ0) is 25.1. The summed E-state index contributed by atoms with van der Waals surface area (Å²) in [5.74, 6) is 1.59. The van der Waals surface area contributed by atoms with Crippen LogP contribution >= 0.6 is 34.7 Å². The standard InChI is InChI=1S/C25H25ClN4O3S2/c1-14-6-8-16(9-7-14)23-15(2)34-12-17(23)24-28-29-25(30(24)3)35-13-22(31)27-19-11-20(32-4)18(26)10-21(19)33-5/h6-12H,13H2,1-5H3,(H,27,31). The second-order valence-electron chi connectivity index (χ2n) is 7.84. The van der Waals surface area contributed by atoms with E-state index in [1.807, 2.05) is 11.6 Å². The van der Waals surface area contributed by atoms with Gasteiger partial charge in [-0.15, -0.1) is 21.5 Å². The molecule has 0 saturated carbocycles. The maximum Gasteiger partial charge on any atom is 0.234 e. The van der Waals surface area contributed by atoms with Crippen molar-refractivity contribution in [1.29, 1.82) is 0 Å². The molecule has 1 amide bonds. The first-order valence-corrected chi connectivity index (χ1v) is 13.0. The van der Waals surface area contributed by atoms with Gasteiger partial charge in [0.05, 0.1) is 30.7 Å². The molecule has 4 aromatic rings. The van der Waals surface area contributed by atoms with Crippen molar-refractivity contribution in [3.05, 3.63) is 57.2 Å². The van der Waals surface area contributed by atoms with Gasteiger partial charge in [-0.2, -0.15) is 0 Å². The first kappa shape index (κ1) is 25.1. The van der Waals surface area contributed by atoms with Gasteiger partial charge >= 0.3 is 0 Å². The quantitative estimate of drug-likeness (QED) is 0.273. The highest BCUT2D eigenvalue weighted by atomic mass is 35.5. The lowest BCUT2D eigenvalue weighted by atomic mass is 10.0. The molecular formula is C25H25ClN4O3S2. The SMILES string of the molecule is COc1cc(NC(=O)CSc2nnc(-c3csc(C)c3-c3ccc(C)cc3)n2C)c(OC)cc1Cl. The van der Waals surface area contributed by atoms with Crippen LogP contribution in [0.1, 0.15) is 10.4 Å². The lowest BCUT2D eigenvalue weighted by molar-refractivity contribution is -0.113. The number of anilines is 1. The number of methoxy groups -OCH3 is 2. The van der Waals surface area contributed by atoms with E-state index in [-0.39, 0.29) is 11.7 Å². The topological polar surface area (TPSA) is 78.3 Å². The second-order valence-corrected chi connectivity index (χ2v) is 10.3. The summed E-state index contributed by atoms with van der Waals surface area (Å²) in [4.78, 5) is 13.9. The third-order valence-corrected chi connectivity index (χ3v) is 7.70. The third-order valence-electron chi connectivity index (χ3n) is 5.47. The van der Waals surface area contributed by atoms with E-state index in [1.165, 1.54) is 36.4 Å². The summed E-state index contributed by atoms with van der Waals surface area (Å²) >= 11 is 9.14. The number of carbonyl (C=O) groups is 1. The molecule has 0 fully saturated rings. The number of carbonyl (C=O) groups excluding carboxylic acids is 1. The van der Waals surface area contributed by atoms with Crippen LogP contribution < -0.4 is 14.8 Å². The number of thiophene rings is 1. The Bertz CT molecular complexity index is 1370. The van der Waals surface area contributed by atoms with E-state index in [9.17, 15) is 4.79 Å². The number of benzene rings is 2. The smallest absolute Gasteiger partial charge is 0.234 e. The van der Waals surface area contributed by atoms with Gasteiger partial charge in [0.15, 0.2) is 11.0 Å². The Morgan fingerprint density at radius 3 is 2.51 bits per heavy atom. The van der Waals surface area contributed by atoms with Crippen molar-refractivity contribution in [2.24, 2.45) is 7.05 Å². The van der Waals surface area contributed by atoms with Gasteiger partial charge in [-0.25, -0.2) is 0 Å². The maximum absolute atomic E-state index is 12.7. The van der Waals surface area contributed by atoms with Crippen LogP contribution in [0, 0.1) is 13.8 Å². The van der Waals surface area contributed by atoms with Gasteiger partial charge in [-0.1, -0.05) is 53.2 Å². The van der Waals surface area contributed by atoms with E-state index in [1.54, 1.807) is 23.5 Å². The first-order valence-electron chi connectivity index (χ1n) is 10.7. The average Bonchev–Trinajstić information content (AvgIpc) is 3.40. The molecule has 0 unspecified atom stereocenters. The zero-order valence-corrected chi connectivity index (χ0v) is 22.4. The number of rotatable bonds is 8. The highest BCUT2D eigenvalue weighted by Crippen LogP contribution is 2.39. The average molecular weight is 529 g/mol. The van der Waals surface area contributed by atoms with Crippen LogP contribution in [-0.4, -0.2) is 40.6 Å². The largest absolute Gasteiger partial charge is 0.495 e. The van der Waals surface area contributed by atoms with Crippen molar-refractivity contribution in [2.75, 3.05) is 25.3 Å². The van der Waals surface area contributed by atoms with Crippen molar-refractivity contribution in [3.8, 4) is 34.0 Å². The molecular weight excluding hydrogens is 504 g/mol. The van der Waals surface area contributed by atoms with Crippen LogP contribution in [0.3, 0.4) is 0 Å². The molecule has 0 aliphatic heterocycles. The van der Waals surface area contributed by atoms with Gasteiger partial charge < -0.3 is 19.4 Å². The molecule has 2 aromatic carbocycles. The molecule has 0 radical (unpaired) electrons. The fourth-order valence-electron chi connectivity index (χ4n) is 3.65. The van der Waals surface area contributed by atoms with E-state index < -0.39 is 0 Å². The Hall–Kier alpha value is -3.01. The minimum Gasteiger partial charge on any atom is -0.495 e. The van der Waals surface area contributed by atoms with E-state index in [0.29, 0.717) is 27.4 Å². The molecule has 4 rings (SSSR count). The number of halogens is 1. The molecule has 0 atom stereocenters. The van der Waals surface area contributed by atoms with Crippen LogP contribution in [0.2, 0.25) is 5.02 Å². The van der Waals surface area contributed by atoms with Crippen molar-refractivity contribution >= 4 is 46.3 Å². The fraction of sp³-hybridized carbons (Fsp3) is 0.240. The summed E-state index contributed by atoms with van der Waals surface area (Å²) in [7, 11) is 4.94. The molecule has 182 valence electrons. The number of hydrogen-bond acceptors (Lipinski definition) is 7. The summed E-state index contributed by atoms with van der Waals surface area (Å²) < 4.78 is 12.5. The molecule has 0 aliphatic carbocycles. The van der Waals surface area contributed by atoms with Crippen LogP contribution in [0.5, 0.6) is 11.5 Å². The summed E-state index contributed by atoms with van der Waals surface area (Å²) in [6.45, 7) is 4.19. The Kier molecular flexibility index (Phi) is 7.69. The Labute approximate surface area is 217 Å². The van der Waals surface area contributed by atoms with Crippen molar-refractivity contribution in [1.82, 2.24) is 14.8 Å². The summed E-state index contributed by atoms with van der Waals surface area (Å²) in [6.07, 6.45) is 0. The second kappa shape index (κ2) is 10.7. The number of thioether (sulfide) groups is 1. The minimum atomic E-state index is -0.214. The molecule has 0 aliphatic rings. The monoisotopic (exact) mass is 528 g/mol. The Morgan fingerprint density at radius 2 is 1.83 bits per heavy atom. The van der Waals surface area contributed by atoms with Gasteiger partial charge in [-0.3, -0.25) is 4.79 Å². The molecule has 1 N–H and O–H groups in total. The van der Waals surface area contributed by atoms with E-state index >= 15 is 0 Å². The minimum absolute atomic E-state index is 0.146. The number of nitrogens with zero attached hydrogens (tertiary/aromatic N) is 3. The molecule has 2 heterocycles. The normalized spacial score (nSPS) is 10.9. The molecule has 0 saturated heterocycles. The fourth-order valence-corrected chi connectivity index (χ4v) is 5.45. The Morgan fingerprint density at radius 1 is 1.11 bits per heavy atom. The number of ether oxygens (including phenoxy) is 2. The van der Waals surface area contributed by atoms with E-state index in [0.717, 1.165) is 22.5 Å². The lowest BCUT2D eigenvalue weighted by Crippen LogP contribution is -2.15. The highest BCUT2D eigenvalue weighted by molar-refractivity contribution is 7.99. The summed E-state index contributed by atoms with van der Waals surface area (Å²) in [5, 5.41) is 14.8. The highest BCUT2D eigenvalue weighted by Gasteiger charge is 2.20. The number of aromatic nitrogens is 3. The lowest BCUT2D eigenvalue weighted by Gasteiger charge is -2.13. The summed E-state index contributed by atoms with van der Waals surface area (Å²) in [6, 6.07) is 11.7. The number of aryl methyl sites for hydroxylation is 2. The number of nitrogens with one attached hydrogen (secondary N) is 1. The van der Waals surface area contributed by atoms with E-state index in [4.69, 9.17) is 21.1 Å². The van der Waals surface area contributed by atoms with Gasteiger partial charge in [0.25, 0.3) is 0 Å². The third kappa shape index (κ3) is 5.32. The van der Waals surface area contributed by atoms with Crippen LogP contribution in [-0.2, 0) is 11.8 Å². The van der Waals surface area contributed by atoms with Crippen molar-refractivity contribution < 1.29 is 14.3 Å². The predicted molar refractivity (Wildman–Crippen MR) is 143 cm³/mol. The Balaban J connectivity index is 1.51. The summed E-state index contributed by atoms with van der Waals surface area (Å²) in [5.41, 5.74) is 5.03. The van der Waals surface area contributed by atoms with Gasteiger partial charge in [0, 0.05) is 40.6 Å². The van der Waals surface area contributed by atoms with Crippen LogP contribution in [0.4, 0.5) is 5.69 Å². The predicted octanol–water partition coefficient (Wildman–Crippen LogP) is 6.23. The van der Waals surface area contributed by atoms with Crippen LogP contribution in [0.15, 0.2) is 46.9 Å². The molecule has 35 heavy (non-hydrogen) atoms. The van der Waals surface area contributed by atoms with Crippen molar-refractivity contribution in [2.45, 2.75) is 19.0 Å². The number of hydrogen-bond donors (Lipinski definition) is 1. The molecule has 7 nitrogen and oxygen atoms in total. The zero-order valence-electron chi connectivity index (χ0n) is 20.0. The van der Waals surface area contributed by atoms with Gasteiger partial charge in [0.1, 0.15) is 11.5 Å². The van der Waals surface area contributed by atoms with Crippen LogP contribution in [0.25, 0.3) is 22.5 Å². The van der Waals surface area contributed by atoms with E-state index in [2.05, 4.69) is 59.0 Å². The molecule has 10 heteroatoms. The van der Waals surface area contributed by atoms with Crippen molar-refractivity contribution in [3.63, 3.8) is 0 Å². The van der Waals surface area contributed by atoms with Gasteiger partial charge in [0.2, 0.25) is 5.91 Å². The first-order chi connectivity index (χ1) is 16.8. The molecule has 0 spiro atoms.